The Morgan fingerprint density at radius 1 is 0.433 bits per heavy atom. The minimum atomic E-state index is -5.08. The van der Waals surface area contributed by atoms with Gasteiger partial charge in [-0.2, -0.15) is 26.3 Å². The summed E-state index contributed by atoms with van der Waals surface area (Å²) >= 11 is 0. The van der Waals surface area contributed by atoms with E-state index in [1.54, 1.807) is 4.90 Å². The van der Waals surface area contributed by atoms with Gasteiger partial charge in [0.05, 0.1) is 0 Å². The van der Waals surface area contributed by atoms with Gasteiger partial charge < -0.3 is 65.0 Å². The number of hydrogen-bond donors (Lipinski definition) is 11. The molecule has 22 nitrogen and oxygen atoms in total. The second-order valence-electron chi connectivity index (χ2n) is 22.5. The van der Waals surface area contributed by atoms with Gasteiger partial charge in [-0.3, -0.25) is 38.8 Å². The van der Waals surface area contributed by atoms with Gasteiger partial charge in [0, 0.05) is 64.3 Å². The van der Waals surface area contributed by atoms with Crippen molar-refractivity contribution in [1.82, 2.24) is 26.2 Å². The van der Waals surface area contributed by atoms with Gasteiger partial charge in [0.25, 0.3) is 0 Å². The summed E-state index contributed by atoms with van der Waals surface area (Å²) in [5.74, 6) is -8.34. The minimum absolute atomic E-state index is 0.00841. The van der Waals surface area contributed by atoms with Gasteiger partial charge in [0.2, 0.25) is 35.4 Å². The molecule has 0 saturated heterocycles. The molecule has 0 saturated carbocycles. The average Bonchev–Trinajstić information content (AvgIpc) is 3.44. The summed E-state index contributed by atoms with van der Waals surface area (Å²) in [6.45, 7) is 6.32. The number of nitrogens with one attached hydrogen (secondary N) is 4. The monoisotopic (exact) mass is 1300 g/mol. The van der Waals surface area contributed by atoms with Crippen molar-refractivity contribution in [2.75, 3.05) is 39.3 Å². The van der Waals surface area contributed by atoms with Crippen molar-refractivity contribution in [3.05, 3.63) is 12.2 Å². The number of carbonyl (C=O) groups excluding carboxylic acids is 6. The van der Waals surface area contributed by atoms with Gasteiger partial charge in [0.15, 0.2) is 11.9 Å². The summed E-state index contributed by atoms with van der Waals surface area (Å²) in [4.78, 5) is 105. The third kappa shape index (κ3) is 61.8. The van der Waals surface area contributed by atoms with Gasteiger partial charge in [-0.1, -0.05) is 194 Å². The highest BCUT2D eigenvalue weighted by atomic mass is 19.4. The van der Waals surface area contributed by atoms with E-state index in [1.165, 1.54) is 154 Å². The first-order valence-corrected chi connectivity index (χ1v) is 32.8. The first-order chi connectivity index (χ1) is 42.7. The molecule has 524 valence electrons. The maximum atomic E-state index is 13.6. The number of amides is 6. The summed E-state index contributed by atoms with van der Waals surface area (Å²) in [5.41, 5.74) is 27.3. The molecule has 0 aliphatic heterocycles. The standard InChI is InChI=1S/C58H112N12O6.2C2HF3O2/c1-3-5-7-9-11-13-15-17-19-21-23-25-27-29-31-39-51(71)64-45-35-47-70(48-36-46-65-52(72)40-32-30-28-26-24-22-20-18-16-14-12-10-8-6-4-2)54(74)42-41-53(73)68-50(38-34-44-67-58(62)63)56(76)69-49(55(59)75)37-33-43-66-57(60)61;2*3-2(4,5)1(6)7/h41-42,49-50H,3-40,43-48H2,1-2H3,(H2,59,75)(H,64,71)(H,65,72)(H,68,73)(H,69,76)(H4,60,61,66)(H4,62,63,67);2*(H,6,7)/b42-41-;;/t49-,50-;;/m0../s1. The van der Waals surface area contributed by atoms with Crippen LogP contribution < -0.4 is 49.9 Å². The fourth-order valence-corrected chi connectivity index (χ4v) is 9.12. The normalized spacial score (nSPS) is 11.8. The van der Waals surface area contributed by atoms with E-state index in [-0.39, 0.29) is 49.7 Å². The van der Waals surface area contributed by atoms with Crippen LogP contribution in [0.3, 0.4) is 0 Å². The molecule has 0 fully saturated rings. The zero-order chi connectivity index (χ0) is 68.3. The van der Waals surface area contributed by atoms with E-state index in [1.807, 2.05) is 0 Å². The van der Waals surface area contributed by atoms with E-state index in [0.717, 1.165) is 50.7 Å². The van der Waals surface area contributed by atoms with Crippen LogP contribution in [0.1, 0.15) is 258 Å². The summed E-state index contributed by atoms with van der Waals surface area (Å²) in [6.07, 6.45) is 32.8. The number of rotatable bonds is 54. The van der Waals surface area contributed by atoms with Crippen LogP contribution in [0.2, 0.25) is 0 Å². The van der Waals surface area contributed by atoms with Gasteiger partial charge in [-0.25, -0.2) is 9.59 Å². The number of unbranched alkanes of at least 4 members (excludes halogenated alkanes) is 28. The minimum Gasteiger partial charge on any atom is -0.475 e. The zero-order valence-electron chi connectivity index (χ0n) is 54.1. The Balaban J connectivity index is -0.00000479. The van der Waals surface area contributed by atoms with Crippen LogP contribution >= 0.6 is 0 Å². The molecule has 0 aliphatic carbocycles. The van der Waals surface area contributed by atoms with E-state index in [2.05, 4.69) is 45.1 Å². The lowest BCUT2D eigenvalue weighted by molar-refractivity contribution is -0.193. The molecule has 6 amide bonds. The molecular formula is C62H114F6N12O10. The maximum Gasteiger partial charge on any atom is 0.490 e. The number of aliphatic imine (C=N–C) groups is 2. The van der Waals surface area contributed by atoms with Crippen molar-refractivity contribution >= 4 is 59.3 Å². The molecule has 2 atom stereocenters. The first-order valence-electron chi connectivity index (χ1n) is 32.8. The molecule has 90 heavy (non-hydrogen) atoms. The number of halogens is 6. The van der Waals surface area contributed by atoms with Crippen LogP contribution in [0.25, 0.3) is 0 Å². The summed E-state index contributed by atoms with van der Waals surface area (Å²) in [5, 5.41) is 25.5. The molecule has 0 bridgehead atoms. The van der Waals surface area contributed by atoms with Crippen LogP contribution in [0, 0.1) is 0 Å². The molecular weight excluding hydrogens is 1190 g/mol. The highest BCUT2D eigenvalue weighted by molar-refractivity contribution is 5.99. The number of carboxylic acid groups (broad SMARTS) is 2. The third-order valence-corrected chi connectivity index (χ3v) is 14.2. The third-order valence-electron chi connectivity index (χ3n) is 14.2. The van der Waals surface area contributed by atoms with Gasteiger partial charge in [0.1, 0.15) is 12.1 Å². The van der Waals surface area contributed by atoms with Crippen molar-refractivity contribution in [2.24, 2.45) is 38.7 Å². The zero-order valence-corrected chi connectivity index (χ0v) is 54.1. The molecule has 0 spiro atoms. The fraction of sp³-hybridized carbons (Fsp3) is 0.806. The van der Waals surface area contributed by atoms with Crippen LogP contribution in [0.5, 0.6) is 0 Å². The lowest BCUT2D eigenvalue weighted by Crippen LogP contribution is -2.52. The number of carboxylic acids is 2. The molecule has 0 radical (unpaired) electrons. The second kappa shape index (κ2) is 59.0. The number of alkyl halides is 6. The Hall–Kier alpha value is -6.38. The SMILES string of the molecule is CCCCCCCCCCCCCCCCCC(=O)NCCCN(CCCNC(=O)CCCCCCCCCCCCCCCCC)C(=O)/C=C\C(=O)N[C@@H](CCCN=C(N)N)C(=O)N[C@@H](CCCN=C(N)N)C(N)=O.O=C(O)C(F)(F)F.O=C(O)C(F)(F)F. The van der Waals surface area contributed by atoms with E-state index in [4.69, 9.17) is 48.5 Å². The Morgan fingerprint density at radius 3 is 1.02 bits per heavy atom. The Kier molecular flexibility index (Phi) is 57.5. The van der Waals surface area contributed by atoms with Crippen molar-refractivity contribution in [1.29, 1.82) is 0 Å². The maximum absolute atomic E-state index is 13.6. The second-order valence-corrected chi connectivity index (χ2v) is 22.5. The smallest absolute Gasteiger partial charge is 0.475 e. The topological polar surface area (TPSA) is 383 Å². The predicted molar refractivity (Wildman–Crippen MR) is 340 cm³/mol. The number of guanidine groups is 2. The van der Waals surface area contributed by atoms with Crippen LogP contribution in [-0.4, -0.2) is 138 Å². The summed E-state index contributed by atoms with van der Waals surface area (Å²) in [6, 6.07) is -2.17. The fourth-order valence-electron chi connectivity index (χ4n) is 9.12. The Labute approximate surface area is 531 Å². The van der Waals surface area contributed by atoms with Crippen molar-refractivity contribution < 1.29 is 74.9 Å². The Morgan fingerprint density at radius 2 is 0.733 bits per heavy atom. The lowest BCUT2D eigenvalue weighted by Gasteiger charge is -2.22. The van der Waals surface area contributed by atoms with Gasteiger partial charge in [-0.15, -0.1) is 0 Å². The van der Waals surface area contributed by atoms with Gasteiger partial charge in [-0.05, 0) is 51.4 Å². The quantitative estimate of drug-likeness (QED) is 0.00888. The first kappa shape index (κ1) is 87.8. The number of primary amides is 1. The van der Waals surface area contributed by atoms with Crippen LogP contribution in [0.4, 0.5) is 26.3 Å². The molecule has 0 unspecified atom stereocenters. The van der Waals surface area contributed by atoms with Crippen molar-refractivity contribution in [3.8, 4) is 0 Å². The largest absolute Gasteiger partial charge is 0.490 e. The van der Waals surface area contributed by atoms with Gasteiger partial charge >= 0.3 is 24.3 Å². The van der Waals surface area contributed by atoms with E-state index >= 15 is 0 Å². The van der Waals surface area contributed by atoms with E-state index in [9.17, 15) is 55.1 Å². The number of hydrogen-bond acceptors (Lipinski definition) is 10. The lowest BCUT2D eigenvalue weighted by atomic mass is 10.0. The molecule has 0 aliphatic rings. The molecule has 0 rings (SSSR count). The molecule has 0 aromatic rings. The average molecular weight is 1300 g/mol. The molecule has 0 aromatic carbocycles. The predicted octanol–water partition coefficient (Wildman–Crippen LogP) is 9.74. The van der Waals surface area contributed by atoms with Crippen LogP contribution in [-0.2, 0) is 38.4 Å². The Bertz CT molecular complexity index is 1930. The van der Waals surface area contributed by atoms with Crippen molar-refractivity contribution in [3.63, 3.8) is 0 Å². The molecule has 0 heterocycles. The highest BCUT2D eigenvalue weighted by Gasteiger charge is 2.39. The highest BCUT2D eigenvalue weighted by Crippen LogP contribution is 2.17. The summed E-state index contributed by atoms with van der Waals surface area (Å²) < 4.78 is 63.5. The van der Waals surface area contributed by atoms with Crippen molar-refractivity contribution in [2.45, 2.75) is 282 Å². The number of nitrogens with zero attached hydrogens (tertiary/aromatic N) is 3. The molecule has 28 heteroatoms. The van der Waals surface area contributed by atoms with E-state index < -0.39 is 60.0 Å². The van der Waals surface area contributed by atoms with Crippen LogP contribution in [0.15, 0.2) is 22.1 Å². The van der Waals surface area contributed by atoms with E-state index in [0.29, 0.717) is 64.7 Å². The molecule has 16 N–H and O–H groups in total. The number of aliphatic carboxylic acids is 2. The number of carbonyl (C=O) groups is 8. The molecule has 0 aromatic heterocycles. The summed E-state index contributed by atoms with van der Waals surface area (Å²) in [7, 11) is 0. The number of nitrogens with two attached hydrogens (primary N) is 5.